The molecular weight excluding hydrogens is 352 g/mol. The Morgan fingerprint density at radius 3 is 2.92 bits per heavy atom. The molecule has 6 nitrogen and oxygen atoms in total. The van der Waals surface area contributed by atoms with Crippen LogP contribution in [0.3, 0.4) is 0 Å². The summed E-state index contributed by atoms with van der Waals surface area (Å²) in [5.41, 5.74) is 1.51. The lowest BCUT2D eigenvalue weighted by Crippen LogP contribution is -2.30. The second-order valence-corrected chi connectivity index (χ2v) is 6.63. The molecule has 1 unspecified atom stereocenters. The Balaban J connectivity index is 1.53. The number of carbonyl (C=O) groups is 1. The average molecular weight is 369 g/mol. The van der Waals surface area contributed by atoms with Crippen molar-refractivity contribution >= 4 is 17.5 Å². The van der Waals surface area contributed by atoms with Gasteiger partial charge in [0.05, 0.1) is 24.2 Å². The van der Waals surface area contributed by atoms with Crippen molar-refractivity contribution in [1.82, 2.24) is 20.1 Å². The Morgan fingerprint density at radius 1 is 1.23 bits per heavy atom. The summed E-state index contributed by atoms with van der Waals surface area (Å²) >= 11 is 6.21. The Hall–Kier alpha value is -2.73. The van der Waals surface area contributed by atoms with E-state index in [1.807, 2.05) is 24.3 Å². The van der Waals surface area contributed by atoms with Crippen LogP contribution in [0.15, 0.2) is 53.3 Å². The molecule has 1 saturated heterocycles. The lowest BCUT2D eigenvalue weighted by molar-refractivity contribution is 0.0714. The highest BCUT2D eigenvalue weighted by atomic mass is 35.5. The quantitative estimate of drug-likeness (QED) is 0.702. The van der Waals surface area contributed by atoms with E-state index in [9.17, 15) is 4.79 Å². The molecule has 0 N–H and O–H groups in total. The summed E-state index contributed by atoms with van der Waals surface area (Å²) in [4.78, 5) is 19.0. The van der Waals surface area contributed by atoms with E-state index in [-0.39, 0.29) is 11.9 Å². The predicted octanol–water partition coefficient (Wildman–Crippen LogP) is 3.69. The highest BCUT2D eigenvalue weighted by Gasteiger charge is 2.34. The number of halogens is 1. The minimum absolute atomic E-state index is 0.0757. The van der Waals surface area contributed by atoms with E-state index in [1.54, 1.807) is 17.2 Å². The standard InChI is InChI=1S/C19H17ClN4O2/c20-16-5-2-1-4-13(16)10-15-12-21-18(26-15)17-6-3-9-24(17)19(25)14-7-8-22-23-11-14/h1-2,4-5,7-8,11-12,17H,3,6,9-10H2. The maximum atomic E-state index is 12.7. The van der Waals surface area contributed by atoms with Crippen LogP contribution in [0.1, 0.15) is 46.5 Å². The van der Waals surface area contributed by atoms with Gasteiger partial charge in [0.2, 0.25) is 5.89 Å². The van der Waals surface area contributed by atoms with Crippen LogP contribution in [0, 0.1) is 0 Å². The molecule has 1 amide bonds. The lowest BCUT2D eigenvalue weighted by atomic mass is 10.1. The van der Waals surface area contributed by atoms with E-state index in [1.165, 1.54) is 12.4 Å². The van der Waals surface area contributed by atoms with Crippen LogP contribution in [0.5, 0.6) is 0 Å². The highest BCUT2D eigenvalue weighted by molar-refractivity contribution is 6.31. The van der Waals surface area contributed by atoms with Gasteiger partial charge in [0.25, 0.3) is 5.91 Å². The van der Waals surface area contributed by atoms with Gasteiger partial charge in [-0.15, -0.1) is 0 Å². The van der Waals surface area contributed by atoms with Gasteiger partial charge in [-0.3, -0.25) is 4.79 Å². The van der Waals surface area contributed by atoms with Crippen molar-refractivity contribution in [1.29, 1.82) is 0 Å². The normalized spacial score (nSPS) is 16.8. The van der Waals surface area contributed by atoms with Crippen molar-refractivity contribution in [2.75, 3.05) is 6.54 Å². The molecule has 1 aliphatic rings. The minimum Gasteiger partial charge on any atom is -0.443 e. The Kier molecular flexibility index (Phi) is 4.67. The third-order valence-electron chi connectivity index (χ3n) is 4.52. The molecule has 132 valence electrons. The molecule has 2 aromatic heterocycles. The molecule has 1 atom stereocenters. The Morgan fingerprint density at radius 2 is 2.12 bits per heavy atom. The zero-order valence-corrected chi connectivity index (χ0v) is 14.8. The predicted molar refractivity (Wildman–Crippen MR) is 95.8 cm³/mol. The smallest absolute Gasteiger partial charge is 0.256 e. The Bertz CT molecular complexity index is 913. The summed E-state index contributed by atoms with van der Waals surface area (Å²) in [6.07, 6.45) is 7.03. The molecule has 0 radical (unpaired) electrons. The number of amides is 1. The second kappa shape index (κ2) is 7.25. The van der Waals surface area contributed by atoms with E-state index < -0.39 is 0 Å². The molecule has 1 fully saturated rings. The molecule has 0 spiro atoms. The summed E-state index contributed by atoms with van der Waals surface area (Å²) in [7, 11) is 0. The fourth-order valence-corrected chi connectivity index (χ4v) is 3.44. The molecule has 26 heavy (non-hydrogen) atoms. The molecule has 0 saturated carbocycles. The second-order valence-electron chi connectivity index (χ2n) is 6.22. The third-order valence-corrected chi connectivity index (χ3v) is 4.89. The number of rotatable bonds is 4. The molecule has 3 aromatic rings. The first-order valence-corrected chi connectivity index (χ1v) is 8.86. The summed E-state index contributed by atoms with van der Waals surface area (Å²) in [6.45, 7) is 0.675. The van der Waals surface area contributed by atoms with Crippen LogP contribution >= 0.6 is 11.6 Å². The van der Waals surface area contributed by atoms with E-state index in [4.69, 9.17) is 16.0 Å². The van der Waals surface area contributed by atoms with Crippen molar-refractivity contribution in [3.05, 3.63) is 76.7 Å². The van der Waals surface area contributed by atoms with E-state index in [0.717, 1.165) is 24.2 Å². The lowest BCUT2D eigenvalue weighted by Gasteiger charge is -2.22. The van der Waals surface area contributed by atoms with Gasteiger partial charge < -0.3 is 9.32 Å². The summed E-state index contributed by atoms with van der Waals surface area (Å²) in [6, 6.07) is 9.17. The van der Waals surface area contributed by atoms with Crippen molar-refractivity contribution < 1.29 is 9.21 Å². The maximum absolute atomic E-state index is 12.7. The number of aromatic nitrogens is 3. The van der Waals surface area contributed by atoms with Crippen molar-refractivity contribution in [2.45, 2.75) is 25.3 Å². The largest absolute Gasteiger partial charge is 0.443 e. The fourth-order valence-electron chi connectivity index (χ4n) is 3.24. The third kappa shape index (κ3) is 3.32. The van der Waals surface area contributed by atoms with Gasteiger partial charge in [0.15, 0.2) is 0 Å². The van der Waals surface area contributed by atoms with Gasteiger partial charge in [-0.1, -0.05) is 29.8 Å². The van der Waals surface area contributed by atoms with Crippen LogP contribution in [0.4, 0.5) is 0 Å². The van der Waals surface area contributed by atoms with Crippen LogP contribution < -0.4 is 0 Å². The number of hydrogen-bond acceptors (Lipinski definition) is 5. The van der Waals surface area contributed by atoms with Gasteiger partial charge in [-0.25, -0.2) is 4.98 Å². The molecule has 1 aromatic carbocycles. The van der Waals surface area contributed by atoms with Gasteiger partial charge in [-0.05, 0) is 30.5 Å². The Labute approximate surface area is 155 Å². The monoisotopic (exact) mass is 368 g/mol. The number of hydrogen-bond donors (Lipinski definition) is 0. The van der Waals surface area contributed by atoms with Crippen molar-refractivity contribution in [3.8, 4) is 0 Å². The SMILES string of the molecule is O=C(c1ccnnc1)N1CCCC1c1ncc(Cc2ccccc2Cl)o1. The zero-order chi connectivity index (χ0) is 17.9. The maximum Gasteiger partial charge on any atom is 0.256 e. The number of oxazole rings is 1. The molecule has 3 heterocycles. The highest BCUT2D eigenvalue weighted by Crippen LogP contribution is 2.33. The first-order valence-electron chi connectivity index (χ1n) is 8.48. The average Bonchev–Trinajstić information content (AvgIpc) is 3.33. The molecule has 0 aliphatic carbocycles. The first-order chi connectivity index (χ1) is 12.7. The van der Waals surface area contributed by atoms with E-state index in [0.29, 0.717) is 29.4 Å². The summed E-state index contributed by atoms with van der Waals surface area (Å²) in [5.74, 6) is 1.23. The van der Waals surface area contributed by atoms with Gasteiger partial charge >= 0.3 is 0 Å². The van der Waals surface area contributed by atoms with Crippen LogP contribution in [-0.2, 0) is 6.42 Å². The number of carbonyl (C=O) groups excluding carboxylic acids is 1. The molecule has 1 aliphatic heterocycles. The zero-order valence-electron chi connectivity index (χ0n) is 14.0. The van der Waals surface area contributed by atoms with E-state index >= 15 is 0 Å². The first kappa shape index (κ1) is 16.7. The number of likely N-dealkylation sites (tertiary alicyclic amines) is 1. The molecule has 7 heteroatoms. The number of benzene rings is 1. The van der Waals surface area contributed by atoms with Crippen molar-refractivity contribution in [3.63, 3.8) is 0 Å². The van der Waals surface area contributed by atoms with E-state index in [2.05, 4.69) is 15.2 Å². The molecule has 0 bridgehead atoms. The van der Waals surface area contributed by atoms with Crippen LogP contribution in [0.25, 0.3) is 0 Å². The minimum atomic E-state index is -0.157. The van der Waals surface area contributed by atoms with Crippen molar-refractivity contribution in [2.24, 2.45) is 0 Å². The fraction of sp³-hybridized carbons (Fsp3) is 0.263. The molecule has 4 rings (SSSR count). The van der Waals surface area contributed by atoms with Gasteiger partial charge in [0.1, 0.15) is 11.8 Å². The molecular formula is C19H17ClN4O2. The van der Waals surface area contributed by atoms with Crippen LogP contribution in [0.2, 0.25) is 5.02 Å². The number of nitrogens with zero attached hydrogens (tertiary/aromatic N) is 4. The summed E-state index contributed by atoms with van der Waals surface area (Å²) in [5, 5.41) is 8.21. The summed E-state index contributed by atoms with van der Waals surface area (Å²) < 4.78 is 5.95. The van der Waals surface area contributed by atoms with Gasteiger partial charge in [0, 0.05) is 18.0 Å². The van der Waals surface area contributed by atoms with Crippen LogP contribution in [-0.4, -0.2) is 32.5 Å². The van der Waals surface area contributed by atoms with Gasteiger partial charge in [-0.2, -0.15) is 10.2 Å². The topological polar surface area (TPSA) is 72.1 Å².